The summed E-state index contributed by atoms with van der Waals surface area (Å²) in [5.41, 5.74) is 4.80. The highest BCUT2D eigenvalue weighted by atomic mass is 16.6. The van der Waals surface area contributed by atoms with E-state index in [-0.39, 0.29) is 0 Å². The first-order valence-corrected chi connectivity index (χ1v) is 4.34. The zero-order valence-electron chi connectivity index (χ0n) is 7.78. The lowest BCUT2D eigenvalue weighted by Gasteiger charge is -2.39. The molecule has 1 aliphatic heterocycles. The summed E-state index contributed by atoms with van der Waals surface area (Å²) in [6, 6.07) is -2.18. The van der Waals surface area contributed by atoms with E-state index in [4.69, 9.17) is 15.6 Å². The molecule has 0 aromatic rings. The average molecular weight is 222 g/mol. The highest BCUT2D eigenvalue weighted by molar-refractivity contribution is 5.72. The fraction of sp³-hybridized carbons (Fsp3) is 0.857. The summed E-state index contributed by atoms with van der Waals surface area (Å²) in [5.74, 6) is 0. The number of hydrogen-bond donors (Lipinski definition) is 6. The molecule has 0 bridgehead atoms. The molecule has 1 rings (SSSR count). The highest BCUT2D eigenvalue weighted by Crippen LogP contribution is 2.19. The van der Waals surface area contributed by atoms with Gasteiger partial charge in [-0.3, -0.25) is 0 Å². The molecule has 0 aromatic carbocycles. The summed E-state index contributed by atoms with van der Waals surface area (Å²) in [6.07, 6.45) is -5.50. The molecule has 1 fully saturated rings. The van der Waals surface area contributed by atoms with Crippen LogP contribution in [0.2, 0.25) is 0 Å². The van der Waals surface area contributed by atoms with Crippen LogP contribution in [0.4, 0.5) is 4.79 Å². The highest BCUT2D eigenvalue weighted by Gasteiger charge is 2.44. The lowest BCUT2D eigenvalue weighted by atomic mass is 9.97. The number of carbonyl (C=O) groups is 1. The quantitative estimate of drug-likeness (QED) is 0.285. The minimum absolute atomic E-state index is 0.557. The van der Waals surface area contributed by atoms with Crippen LogP contribution in [0.5, 0.6) is 0 Å². The van der Waals surface area contributed by atoms with Crippen LogP contribution < -0.4 is 11.1 Å². The van der Waals surface area contributed by atoms with E-state index in [9.17, 15) is 20.1 Å². The van der Waals surface area contributed by atoms with Crippen molar-refractivity contribution in [2.75, 3.05) is 6.61 Å². The lowest BCUT2D eigenvalue weighted by molar-refractivity contribution is -0.252. The van der Waals surface area contributed by atoms with E-state index < -0.39 is 43.3 Å². The van der Waals surface area contributed by atoms with Gasteiger partial charge in [0.1, 0.15) is 24.4 Å². The van der Waals surface area contributed by atoms with Gasteiger partial charge in [0.05, 0.1) is 6.61 Å². The molecule has 0 aliphatic carbocycles. The molecule has 0 radical (unpaired) electrons. The Morgan fingerprint density at radius 3 is 2.40 bits per heavy atom. The van der Waals surface area contributed by atoms with E-state index in [2.05, 4.69) is 0 Å². The van der Waals surface area contributed by atoms with E-state index in [0.29, 0.717) is 0 Å². The van der Waals surface area contributed by atoms with Crippen molar-refractivity contribution in [3.05, 3.63) is 0 Å². The number of aliphatic hydroxyl groups excluding tert-OH is 4. The van der Waals surface area contributed by atoms with Gasteiger partial charge in [0, 0.05) is 0 Å². The molecule has 5 atom stereocenters. The lowest BCUT2D eigenvalue weighted by Crippen LogP contribution is -2.64. The summed E-state index contributed by atoms with van der Waals surface area (Å²) >= 11 is 0. The van der Waals surface area contributed by atoms with Gasteiger partial charge in [-0.05, 0) is 0 Å². The smallest absolute Gasteiger partial charge is 0.312 e. The molecule has 0 saturated carbocycles. The number of hydrogen-bond acceptors (Lipinski definition) is 6. The van der Waals surface area contributed by atoms with Crippen LogP contribution in [0.25, 0.3) is 0 Å². The van der Waals surface area contributed by atoms with Crippen molar-refractivity contribution in [1.29, 1.82) is 0 Å². The largest absolute Gasteiger partial charge is 0.394 e. The Hall–Kier alpha value is -0.930. The predicted octanol–water partition coefficient (Wildman–Crippen LogP) is -3.55. The Morgan fingerprint density at radius 1 is 1.33 bits per heavy atom. The third-order valence-electron chi connectivity index (χ3n) is 2.21. The van der Waals surface area contributed by atoms with Crippen LogP contribution in [0.3, 0.4) is 0 Å². The van der Waals surface area contributed by atoms with E-state index in [1.54, 1.807) is 0 Å². The van der Waals surface area contributed by atoms with Crippen molar-refractivity contribution in [2.45, 2.75) is 30.6 Å². The Balaban J connectivity index is 2.70. The van der Waals surface area contributed by atoms with Crippen LogP contribution >= 0.6 is 0 Å². The van der Waals surface area contributed by atoms with Gasteiger partial charge < -0.3 is 36.2 Å². The minimum Gasteiger partial charge on any atom is -0.394 e. The first-order chi connectivity index (χ1) is 6.97. The molecule has 1 saturated heterocycles. The number of aliphatic hydroxyl groups is 4. The molecule has 1 aliphatic rings. The van der Waals surface area contributed by atoms with E-state index >= 15 is 0 Å². The molecule has 8 nitrogen and oxygen atoms in total. The molecular formula is C7H14N2O6. The number of nitrogens with two attached hydrogens (primary N) is 1. The van der Waals surface area contributed by atoms with Gasteiger partial charge in [-0.2, -0.15) is 0 Å². The van der Waals surface area contributed by atoms with Crippen molar-refractivity contribution in [3.63, 3.8) is 0 Å². The fourth-order valence-electron chi connectivity index (χ4n) is 1.42. The second kappa shape index (κ2) is 4.73. The Morgan fingerprint density at radius 2 is 1.93 bits per heavy atom. The maximum Gasteiger partial charge on any atom is 0.312 e. The molecule has 7 N–H and O–H groups in total. The summed E-state index contributed by atoms with van der Waals surface area (Å²) in [4.78, 5) is 10.5. The Bertz CT molecular complexity index is 238. The molecule has 15 heavy (non-hydrogen) atoms. The first-order valence-electron chi connectivity index (χ1n) is 4.34. The van der Waals surface area contributed by atoms with Crippen molar-refractivity contribution in [1.82, 2.24) is 5.32 Å². The summed E-state index contributed by atoms with van der Waals surface area (Å²) in [7, 11) is 0. The fourth-order valence-corrected chi connectivity index (χ4v) is 1.42. The number of nitrogens with one attached hydrogen (secondary N) is 1. The molecule has 0 unspecified atom stereocenters. The third-order valence-corrected chi connectivity index (χ3v) is 2.21. The van der Waals surface area contributed by atoms with Crippen molar-refractivity contribution >= 4 is 6.03 Å². The Kier molecular flexibility index (Phi) is 3.83. The number of urea groups is 1. The maximum atomic E-state index is 10.5. The Labute approximate surface area is 85.3 Å². The van der Waals surface area contributed by atoms with E-state index in [0.717, 1.165) is 0 Å². The molecule has 0 aromatic heterocycles. The van der Waals surface area contributed by atoms with Crippen molar-refractivity contribution in [3.8, 4) is 0 Å². The van der Waals surface area contributed by atoms with E-state index in [1.807, 2.05) is 5.32 Å². The van der Waals surface area contributed by atoms with Gasteiger partial charge in [0.15, 0.2) is 6.29 Å². The van der Waals surface area contributed by atoms with Gasteiger partial charge in [0.2, 0.25) is 0 Å². The third kappa shape index (κ3) is 2.55. The number of primary amides is 1. The maximum absolute atomic E-state index is 10.5. The van der Waals surface area contributed by atoms with Gasteiger partial charge in [0.25, 0.3) is 0 Å². The molecule has 8 heteroatoms. The number of carbonyl (C=O) groups excluding carboxylic acids is 1. The van der Waals surface area contributed by atoms with Crippen LogP contribution in [-0.2, 0) is 4.74 Å². The van der Waals surface area contributed by atoms with Crippen LogP contribution in [0, 0.1) is 0 Å². The molecular weight excluding hydrogens is 208 g/mol. The van der Waals surface area contributed by atoms with Gasteiger partial charge in [-0.15, -0.1) is 0 Å². The normalized spacial score (nSPS) is 41.2. The molecule has 0 spiro atoms. The van der Waals surface area contributed by atoms with Crippen LogP contribution in [-0.4, -0.2) is 63.7 Å². The number of rotatable bonds is 2. The molecule has 2 amide bonds. The number of amides is 2. The van der Waals surface area contributed by atoms with Crippen molar-refractivity contribution in [2.24, 2.45) is 5.73 Å². The standard InChI is InChI=1S/C7H14N2O6/c8-7(14)9-3-5(12)4(11)2(1-10)15-6(3)13/h2-6,10-13H,1H2,(H3,8,9,14)/t2-,3-,4+,5-,6+/m1/s1. The van der Waals surface area contributed by atoms with E-state index in [1.165, 1.54) is 0 Å². The SMILES string of the molecule is NC(=O)N[C@@H]1[C@@H](O)[C@@H](O)[C@@H](CO)O[C@@H]1O. The monoisotopic (exact) mass is 222 g/mol. The second-order valence-corrected chi connectivity index (χ2v) is 3.26. The minimum atomic E-state index is -1.53. The van der Waals surface area contributed by atoms with Gasteiger partial charge >= 0.3 is 6.03 Å². The second-order valence-electron chi connectivity index (χ2n) is 3.26. The van der Waals surface area contributed by atoms with Crippen molar-refractivity contribution < 1.29 is 30.0 Å². The average Bonchev–Trinajstić information content (AvgIpc) is 2.18. The first kappa shape index (κ1) is 12.1. The van der Waals surface area contributed by atoms with Gasteiger partial charge in [-0.1, -0.05) is 0 Å². The zero-order valence-corrected chi connectivity index (χ0v) is 7.78. The molecule has 1 heterocycles. The van der Waals surface area contributed by atoms with Crippen LogP contribution in [0.1, 0.15) is 0 Å². The van der Waals surface area contributed by atoms with Gasteiger partial charge in [-0.25, -0.2) is 4.79 Å². The summed E-state index contributed by atoms with van der Waals surface area (Å²) < 4.78 is 4.76. The predicted molar refractivity (Wildman–Crippen MR) is 46.5 cm³/mol. The molecule has 88 valence electrons. The zero-order chi connectivity index (χ0) is 11.6. The number of ether oxygens (including phenoxy) is 1. The van der Waals surface area contributed by atoms with Crippen LogP contribution in [0.15, 0.2) is 0 Å². The summed E-state index contributed by atoms with van der Waals surface area (Å²) in [5, 5.41) is 39.0. The topological polar surface area (TPSA) is 145 Å². The summed E-state index contributed by atoms with van der Waals surface area (Å²) in [6.45, 7) is -0.557.